The molecule has 3 N–H and O–H groups in total. The van der Waals surface area contributed by atoms with Crippen LogP contribution in [-0.4, -0.2) is 41.3 Å². The molecule has 3 aromatic rings. The molecule has 41 heavy (non-hydrogen) atoms. The average molecular weight is 594 g/mol. The highest BCUT2D eigenvalue weighted by atomic mass is 35.5. The maximum atomic E-state index is 14.3. The molecule has 0 bridgehead atoms. The van der Waals surface area contributed by atoms with E-state index in [1.165, 1.54) is 0 Å². The van der Waals surface area contributed by atoms with Gasteiger partial charge in [0.1, 0.15) is 18.2 Å². The highest BCUT2D eigenvalue weighted by Gasteiger charge is 2.48. The van der Waals surface area contributed by atoms with Gasteiger partial charge in [-0.25, -0.2) is 0 Å². The topological polar surface area (TPSA) is 126 Å². The number of nitrogens with zero attached hydrogens (tertiary/aromatic N) is 2. The smallest absolute Gasteiger partial charge is 0.253 e. The van der Waals surface area contributed by atoms with Crippen LogP contribution in [0.5, 0.6) is 0 Å². The van der Waals surface area contributed by atoms with Gasteiger partial charge in [-0.1, -0.05) is 72.9 Å². The highest BCUT2D eigenvalue weighted by molar-refractivity contribution is 6.30. The number of carbonyl (C=O) groups is 3. The van der Waals surface area contributed by atoms with E-state index in [0.29, 0.717) is 28.5 Å². The molecule has 4 atom stereocenters. The molecule has 0 radical (unpaired) electrons. The van der Waals surface area contributed by atoms with Crippen molar-refractivity contribution in [3.8, 4) is 6.07 Å². The number of primary amides is 1. The molecule has 0 aliphatic carbocycles. The predicted molar refractivity (Wildman–Crippen MR) is 156 cm³/mol. The molecule has 4 rings (SSSR count). The fourth-order valence-electron chi connectivity index (χ4n) is 5.04. The van der Waals surface area contributed by atoms with E-state index >= 15 is 0 Å². The van der Waals surface area contributed by atoms with Gasteiger partial charge < -0.3 is 20.7 Å². The summed E-state index contributed by atoms with van der Waals surface area (Å²) in [5.41, 5.74) is 8.09. The Labute approximate surface area is 249 Å². The third-order valence-electron chi connectivity index (χ3n) is 6.98. The van der Waals surface area contributed by atoms with Gasteiger partial charge in [0, 0.05) is 16.5 Å². The number of morpholine rings is 1. The predicted octanol–water partition coefficient (Wildman–Crippen LogP) is 4.89. The van der Waals surface area contributed by atoms with Crippen LogP contribution in [0, 0.1) is 11.3 Å². The van der Waals surface area contributed by atoms with E-state index in [0.717, 1.165) is 16.7 Å². The molecular formula is C31H30Cl2N4O4. The number of hydrogen-bond acceptors (Lipinski definition) is 5. The minimum absolute atomic E-state index is 0.222. The van der Waals surface area contributed by atoms with Crippen LogP contribution in [0.2, 0.25) is 10.0 Å². The molecule has 1 aliphatic rings. The molecule has 1 aliphatic heterocycles. The van der Waals surface area contributed by atoms with Gasteiger partial charge in [0.05, 0.1) is 24.2 Å². The zero-order valence-electron chi connectivity index (χ0n) is 22.4. The lowest BCUT2D eigenvalue weighted by Gasteiger charge is -2.47. The SMILES string of the molecule is CCCC(C(=O)NCC(N)=O)N1C(=O)[C@@H](Cc2ccc(C#N)cc2)O[C@H](c2ccc(Cl)cc2)[C@@H]1c1ccc(Cl)cc1. The van der Waals surface area contributed by atoms with E-state index in [1.54, 1.807) is 53.4 Å². The molecule has 1 heterocycles. The molecule has 3 amide bonds. The first-order valence-corrected chi connectivity index (χ1v) is 14.0. The Kier molecular flexibility index (Phi) is 10.0. The molecule has 0 saturated carbocycles. The number of benzene rings is 3. The van der Waals surface area contributed by atoms with Gasteiger partial charge in [-0.15, -0.1) is 0 Å². The lowest BCUT2D eigenvalue weighted by Crippen LogP contribution is -2.59. The van der Waals surface area contributed by atoms with Crippen LogP contribution in [0.25, 0.3) is 0 Å². The van der Waals surface area contributed by atoms with Crippen molar-refractivity contribution < 1.29 is 19.1 Å². The Hall–Kier alpha value is -3.90. The van der Waals surface area contributed by atoms with E-state index in [1.807, 2.05) is 31.2 Å². The minimum Gasteiger partial charge on any atom is -0.368 e. The lowest BCUT2D eigenvalue weighted by molar-refractivity contribution is -0.181. The van der Waals surface area contributed by atoms with Crippen LogP contribution in [0.1, 0.15) is 54.2 Å². The van der Waals surface area contributed by atoms with Crippen LogP contribution < -0.4 is 11.1 Å². The molecule has 1 saturated heterocycles. The minimum atomic E-state index is -0.935. The van der Waals surface area contributed by atoms with Crippen LogP contribution in [0.15, 0.2) is 72.8 Å². The quantitative estimate of drug-likeness (QED) is 0.347. The molecule has 1 unspecified atom stereocenters. The second-order valence-corrected chi connectivity index (χ2v) is 10.7. The molecule has 1 fully saturated rings. The Morgan fingerprint density at radius 2 is 1.59 bits per heavy atom. The number of nitrogens with one attached hydrogen (secondary N) is 1. The van der Waals surface area contributed by atoms with Crippen molar-refractivity contribution in [2.45, 2.75) is 50.5 Å². The summed E-state index contributed by atoms with van der Waals surface area (Å²) in [6, 6.07) is 21.7. The van der Waals surface area contributed by atoms with E-state index in [-0.39, 0.29) is 18.9 Å². The summed E-state index contributed by atoms with van der Waals surface area (Å²) in [5, 5.41) is 12.8. The van der Waals surface area contributed by atoms with Gasteiger partial charge in [0.2, 0.25) is 11.8 Å². The Morgan fingerprint density at radius 1 is 1.00 bits per heavy atom. The number of rotatable bonds is 10. The number of carbonyl (C=O) groups excluding carboxylic acids is 3. The van der Waals surface area contributed by atoms with E-state index in [4.69, 9.17) is 33.7 Å². The zero-order valence-corrected chi connectivity index (χ0v) is 23.9. The summed E-state index contributed by atoms with van der Waals surface area (Å²) in [4.78, 5) is 40.9. The molecule has 8 nitrogen and oxygen atoms in total. The van der Waals surface area contributed by atoms with Crippen molar-refractivity contribution in [2.24, 2.45) is 5.73 Å². The molecule has 3 aromatic carbocycles. The van der Waals surface area contributed by atoms with E-state index in [9.17, 15) is 19.6 Å². The first-order valence-electron chi connectivity index (χ1n) is 13.3. The second-order valence-electron chi connectivity index (χ2n) is 9.84. The summed E-state index contributed by atoms with van der Waals surface area (Å²) >= 11 is 12.4. The first-order chi connectivity index (χ1) is 19.7. The summed E-state index contributed by atoms with van der Waals surface area (Å²) < 4.78 is 6.58. The van der Waals surface area contributed by atoms with Crippen molar-refractivity contribution in [2.75, 3.05) is 6.54 Å². The molecular weight excluding hydrogens is 563 g/mol. The number of halogens is 2. The maximum Gasteiger partial charge on any atom is 0.253 e. The Balaban J connectivity index is 1.84. The molecule has 212 valence electrons. The maximum absolute atomic E-state index is 14.3. The number of ether oxygens (including phenoxy) is 1. The number of nitrogens with two attached hydrogens (primary N) is 1. The van der Waals surface area contributed by atoms with Gasteiger partial charge in [-0.05, 0) is 59.5 Å². The van der Waals surface area contributed by atoms with Crippen molar-refractivity contribution in [3.63, 3.8) is 0 Å². The van der Waals surface area contributed by atoms with Gasteiger partial charge in [0.15, 0.2) is 0 Å². The fraction of sp³-hybridized carbons (Fsp3) is 0.290. The monoisotopic (exact) mass is 592 g/mol. The molecule has 10 heteroatoms. The van der Waals surface area contributed by atoms with Crippen LogP contribution in [0.3, 0.4) is 0 Å². The van der Waals surface area contributed by atoms with Gasteiger partial charge >= 0.3 is 0 Å². The molecule has 0 aromatic heterocycles. The summed E-state index contributed by atoms with van der Waals surface area (Å²) in [6.07, 6.45) is -0.441. The van der Waals surface area contributed by atoms with Crippen molar-refractivity contribution in [3.05, 3.63) is 105 Å². The normalized spacial score (nSPS) is 19.3. The van der Waals surface area contributed by atoms with Crippen molar-refractivity contribution in [1.29, 1.82) is 5.26 Å². The Morgan fingerprint density at radius 3 is 2.12 bits per heavy atom. The molecule has 0 spiro atoms. The first kappa shape index (κ1) is 30.1. The average Bonchev–Trinajstić information content (AvgIpc) is 2.97. The summed E-state index contributed by atoms with van der Waals surface area (Å²) in [7, 11) is 0. The number of nitriles is 1. The van der Waals surface area contributed by atoms with Crippen LogP contribution in [-0.2, 0) is 25.5 Å². The third kappa shape index (κ3) is 7.25. The second kappa shape index (κ2) is 13.6. The van der Waals surface area contributed by atoms with E-state index in [2.05, 4.69) is 11.4 Å². The lowest BCUT2D eigenvalue weighted by atomic mass is 9.88. The van der Waals surface area contributed by atoms with Gasteiger partial charge in [0.25, 0.3) is 5.91 Å². The number of amides is 3. The zero-order chi connectivity index (χ0) is 29.5. The standard InChI is InChI=1S/C31H30Cl2N4O4/c1-2-3-25(30(39)36-18-27(35)38)37-28(21-8-12-23(32)13-9-21)29(22-10-14-24(33)15-11-22)41-26(31(37)40)16-19-4-6-20(17-34)7-5-19/h4-15,25-26,28-29H,2-3,16,18H2,1H3,(H2,35,38)(H,36,39)/t25?,26-,28+,29-/m1/s1. The van der Waals surface area contributed by atoms with Gasteiger partial charge in [-0.2, -0.15) is 5.26 Å². The van der Waals surface area contributed by atoms with E-state index < -0.39 is 36.1 Å². The summed E-state index contributed by atoms with van der Waals surface area (Å²) in [5.74, 6) is -1.53. The van der Waals surface area contributed by atoms with Crippen LogP contribution in [0.4, 0.5) is 0 Å². The Bertz CT molecular complexity index is 1420. The van der Waals surface area contributed by atoms with Crippen LogP contribution >= 0.6 is 23.2 Å². The third-order valence-corrected chi connectivity index (χ3v) is 7.48. The van der Waals surface area contributed by atoms with Crippen molar-refractivity contribution >= 4 is 40.9 Å². The fourth-order valence-corrected chi connectivity index (χ4v) is 5.29. The van der Waals surface area contributed by atoms with Crippen molar-refractivity contribution in [1.82, 2.24) is 10.2 Å². The van der Waals surface area contributed by atoms with Gasteiger partial charge in [-0.3, -0.25) is 14.4 Å². The largest absolute Gasteiger partial charge is 0.368 e. The highest BCUT2D eigenvalue weighted by Crippen LogP contribution is 2.44. The number of hydrogen-bond donors (Lipinski definition) is 2. The summed E-state index contributed by atoms with van der Waals surface area (Å²) in [6.45, 7) is 1.57.